The molecule has 0 aliphatic rings. The molecular formula is C38H46N6O5. The van der Waals surface area contributed by atoms with Gasteiger partial charge in [-0.05, 0) is 61.2 Å². The van der Waals surface area contributed by atoms with Gasteiger partial charge in [0.15, 0.2) is 0 Å². The molecule has 2 aromatic heterocycles. The summed E-state index contributed by atoms with van der Waals surface area (Å²) >= 11 is 0. The summed E-state index contributed by atoms with van der Waals surface area (Å²) in [6.45, 7) is 14.6. The predicted octanol–water partition coefficient (Wildman–Crippen LogP) is 6.27. The van der Waals surface area contributed by atoms with Gasteiger partial charge in [0.05, 0.1) is 25.6 Å². The van der Waals surface area contributed by atoms with Crippen LogP contribution in [0.2, 0.25) is 0 Å². The fourth-order valence-corrected chi connectivity index (χ4v) is 5.29. The van der Waals surface area contributed by atoms with Crippen LogP contribution in [0.1, 0.15) is 58.7 Å². The number of methoxy groups -OCH3 is 2. The minimum Gasteiger partial charge on any atom is -0.496 e. The Hall–Kier alpha value is -5.26. The summed E-state index contributed by atoms with van der Waals surface area (Å²) in [6, 6.07) is 15.4. The molecule has 0 spiro atoms. The molecule has 0 saturated carbocycles. The lowest BCUT2D eigenvalue weighted by Crippen LogP contribution is -2.21. The first-order chi connectivity index (χ1) is 23.7. The fraction of sp³-hybridized carbons (Fsp3) is 0.316. The summed E-state index contributed by atoms with van der Waals surface area (Å²) in [6.07, 6.45) is 4.48. The average Bonchev–Trinajstić information content (AvgIpc) is 3.10. The Bertz CT molecular complexity index is 1790. The normalized spacial score (nSPS) is 10.7. The first-order valence-electron chi connectivity index (χ1n) is 16.2. The molecule has 4 rings (SSSR count). The number of hydrogen-bond donors (Lipinski definition) is 4. The maximum absolute atomic E-state index is 13.3. The molecule has 0 aliphatic carbocycles. The van der Waals surface area contributed by atoms with Crippen molar-refractivity contribution in [3.05, 3.63) is 101 Å². The van der Waals surface area contributed by atoms with Crippen molar-refractivity contribution in [2.75, 3.05) is 44.5 Å². The molecule has 2 heterocycles. The van der Waals surface area contributed by atoms with Gasteiger partial charge in [-0.1, -0.05) is 37.8 Å². The SMILES string of the molecule is C=C(Nc1cccc(-c2cccc(NC(=O)c3cc(OC)c(CNCCOC(C)=O)cn3)c2C)c1C)c1cc(OC)c(CNCCC)cn1. The lowest BCUT2D eigenvalue weighted by atomic mass is 9.94. The molecular weight excluding hydrogens is 620 g/mol. The summed E-state index contributed by atoms with van der Waals surface area (Å²) in [5.41, 5.74) is 8.82. The molecule has 49 heavy (non-hydrogen) atoms. The summed E-state index contributed by atoms with van der Waals surface area (Å²) < 4.78 is 16.1. The van der Waals surface area contributed by atoms with Crippen LogP contribution in [0.25, 0.3) is 16.8 Å². The second kappa shape index (κ2) is 17.8. The Morgan fingerprint density at radius 3 is 1.86 bits per heavy atom. The zero-order valence-electron chi connectivity index (χ0n) is 29.2. The number of pyridine rings is 2. The van der Waals surface area contributed by atoms with Gasteiger partial charge >= 0.3 is 5.97 Å². The number of anilines is 2. The van der Waals surface area contributed by atoms with E-state index in [2.05, 4.69) is 57.7 Å². The van der Waals surface area contributed by atoms with Crippen LogP contribution in [0.4, 0.5) is 11.4 Å². The quantitative estimate of drug-likeness (QED) is 0.0755. The number of carbonyl (C=O) groups is 2. The van der Waals surface area contributed by atoms with Crippen molar-refractivity contribution < 1.29 is 23.8 Å². The van der Waals surface area contributed by atoms with Gasteiger partial charge in [-0.3, -0.25) is 19.6 Å². The van der Waals surface area contributed by atoms with Crippen LogP contribution >= 0.6 is 0 Å². The molecule has 0 atom stereocenters. The molecule has 0 aliphatic heterocycles. The highest BCUT2D eigenvalue weighted by atomic mass is 16.5. The molecule has 4 aromatic rings. The number of amides is 1. The highest BCUT2D eigenvalue weighted by molar-refractivity contribution is 6.04. The van der Waals surface area contributed by atoms with Gasteiger partial charge in [0.25, 0.3) is 5.91 Å². The van der Waals surface area contributed by atoms with Crippen LogP contribution in [0, 0.1) is 13.8 Å². The van der Waals surface area contributed by atoms with E-state index in [1.165, 1.54) is 6.92 Å². The monoisotopic (exact) mass is 666 g/mol. The Balaban J connectivity index is 1.48. The molecule has 1 amide bonds. The van der Waals surface area contributed by atoms with Crippen LogP contribution in [0.3, 0.4) is 0 Å². The number of aromatic nitrogens is 2. The van der Waals surface area contributed by atoms with Crippen LogP contribution in [0.15, 0.2) is 67.5 Å². The molecule has 11 heteroatoms. The minimum atomic E-state index is -0.355. The number of nitrogens with zero attached hydrogens (tertiary/aromatic N) is 2. The van der Waals surface area contributed by atoms with Crippen molar-refractivity contribution in [1.82, 2.24) is 20.6 Å². The molecule has 258 valence electrons. The number of rotatable bonds is 17. The lowest BCUT2D eigenvalue weighted by molar-refractivity contribution is -0.140. The molecule has 0 unspecified atom stereocenters. The number of ether oxygens (including phenoxy) is 3. The summed E-state index contributed by atoms with van der Waals surface area (Å²) in [5.74, 6) is 0.602. The Kier molecular flexibility index (Phi) is 13.3. The van der Waals surface area contributed by atoms with E-state index >= 15 is 0 Å². The van der Waals surface area contributed by atoms with Crippen LogP contribution < -0.4 is 30.7 Å². The molecule has 0 saturated heterocycles. The van der Waals surface area contributed by atoms with Gasteiger partial charge in [-0.15, -0.1) is 0 Å². The van der Waals surface area contributed by atoms with Crippen LogP contribution in [0.5, 0.6) is 11.5 Å². The smallest absolute Gasteiger partial charge is 0.302 e. The Morgan fingerprint density at radius 2 is 1.31 bits per heavy atom. The number of hydrogen-bond acceptors (Lipinski definition) is 10. The number of carbonyl (C=O) groups excluding carboxylic acids is 2. The third-order valence-corrected chi connectivity index (χ3v) is 8.00. The average molecular weight is 667 g/mol. The van der Waals surface area contributed by atoms with Gasteiger partial charge in [0, 0.05) is 73.6 Å². The van der Waals surface area contributed by atoms with E-state index in [0.717, 1.165) is 57.8 Å². The van der Waals surface area contributed by atoms with Crippen LogP contribution in [-0.4, -0.2) is 55.8 Å². The molecule has 4 N–H and O–H groups in total. The van der Waals surface area contributed by atoms with E-state index in [1.54, 1.807) is 26.5 Å². The van der Waals surface area contributed by atoms with Gasteiger partial charge in [-0.2, -0.15) is 0 Å². The predicted molar refractivity (Wildman–Crippen MR) is 194 cm³/mol. The van der Waals surface area contributed by atoms with Gasteiger partial charge in [-0.25, -0.2) is 0 Å². The minimum absolute atomic E-state index is 0.224. The number of benzene rings is 2. The van der Waals surface area contributed by atoms with Crippen molar-refractivity contribution in [3.63, 3.8) is 0 Å². The van der Waals surface area contributed by atoms with E-state index in [0.29, 0.717) is 42.5 Å². The first kappa shape index (κ1) is 36.6. The molecule has 0 radical (unpaired) electrons. The van der Waals surface area contributed by atoms with E-state index in [1.807, 2.05) is 49.5 Å². The van der Waals surface area contributed by atoms with E-state index in [9.17, 15) is 9.59 Å². The van der Waals surface area contributed by atoms with E-state index in [-0.39, 0.29) is 24.2 Å². The fourth-order valence-electron chi connectivity index (χ4n) is 5.29. The van der Waals surface area contributed by atoms with Crippen LogP contribution in [-0.2, 0) is 22.6 Å². The van der Waals surface area contributed by atoms with E-state index in [4.69, 9.17) is 14.2 Å². The third kappa shape index (κ3) is 9.65. The first-order valence-corrected chi connectivity index (χ1v) is 16.2. The lowest BCUT2D eigenvalue weighted by Gasteiger charge is -2.18. The third-order valence-electron chi connectivity index (χ3n) is 8.00. The summed E-state index contributed by atoms with van der Waals surface area (Å²) in [4.78, 5) is 33.3. The second-order valence-corrected chi connectivity index (χ2v) is 11.5. The van der Waals surface area contributed by atoms with Crippen molar-refractivity contribution in [2.45, 2.75) is 47.2 Å². The summed E-state index contributed by atoms with van der Waals surface area (Å²) in [7, 11) is 3.20. The zero-order valence-corrected chi connectivity index (χ0v) is 29.2. The van der Waals surface area contributed by atoms with Gasteiger partial charge < -0.3 is 35.5 Å². The Morgan fingerprint density at radius 1 is 0.776 bits per heavy atom. The van der Waals surface area contributed by atoms with Crippen molar-refractivity contribution in [1.29, 1.82) is 0 Å². The second-order valence-electron chi connectivity index (χ2n) is 11.5. The zero-order chi connectivity index (χ0) is 35.3. The molecule has 11 nitrogen and oxygen atoms in total. The highest BCUT2D eigenvalue weighted by Gasteiger charge is 2.17. The maximum atomic E-state index is 13.3. The maximum Gasteiger partial charge on any atom is 0.302 e. The topological polar surface area (TPSA) is 136 Å². The van der Waals surface area contributed by atoms with Gasteiger partial charge in [0.2, 0.25) is 0 Å². The largest absolute Gasteiger partial charge is 0.496 e. The van der Waals surface area contributed by atoms with Crippen molar-refractivity contribution in [3.8, 4) is 22.6 Å². The Labute approximate surface area is 288 Å². The van der Waals surface area contributed by atoms with E-state index < -0.39 is 0 Å². The molecule has 0 bridgehead atoms. The molecule has 0 fully saturated rings. The number of nitrogens with one attached hydrogen (secondary N) is 4. The number of esters is 1. The summed E-state index contributed by atoms with van der Waals surface area (Å²) in [5, 5.41) is 13.0. The van der Waals surface area contributed by atoms with Gasteiger partial charge in [0.1, 0.15) is 23.8 Å². The highest BCUT2D eigenvalue weighted by Crippen LogP contribution is 2.35. The molecule has 2 aromatic carbocycles. The standard InChI is InChI=1S/C38H46N6O5/c1-8-15-39-20-28-22-41-34(18-36(28)47-6)26(4)43-32-13-9-11-30(24(32)2)31-12-10-14-33(25(31)3)44-38(46)35-19-37(48-7)29(23-42-35)21-40-16-17-49-27(5)45/h9-14,18-19,22-23,39-40,43H,4,8,15-17,20-21H2,1-3,5-7H3,(H,44,46). The van der Waals surface area contributed by atoms with Crippen molar-refractivity contribution >= 4 is 28.9 Å². The van der Waals surface area contributed by atoms with Crippen molar-refractivity contribution in [2.24, 2.45) is 0 Å².